The average molecular weight is 577 g/mol. The number of rotatable bonds is 10. The zero-order valence-corrected chi connectivity index (χ0v) is 24.1. The van der Waals surface area contributed by atoms with Crippen molar-refractivity contribution in [2.75, 3.05) is 17.9 Å². The van der Waals surface area contributed by atoms with Crippen molar-refractivity contribution in [2.24, 2.45) is 0 Å². The standard InChI is InChI=1S/C28H31Cl2N3O4S/c1-5-25(28(35)31-4)32(17-21-13-14-23(29)24(30)16-21)27(34)18-33(26-15-19(2)11-12-20(26)3)38(36,37)22-9-7-6-8-10-22/h6-16,25H,5,17-18H2,1-4H3,(H,31,35)/t25-/m1/s1. The maximum Gasteiger partial charge on any atom is 0.264 e. The van der Waals surface area contributed by atoms with Gasteiger partial charge in [0.05, 0.1) is 20.6 Å². The molecule has 0 unspecified atom stereocenters. The summed E-state index contributed by atoms with van der Waals surface area (Å²) in [6, 6.07) is 17.5. The van der Waals surface area contributed by atoms with Crippen LogP contribution < -0.4 is 9.62 Å². The van der Waals surface area contributed by atoms with Crippen molar-refractivity contribution in [3.05, 3.63) is 93.5 Å². The van der Waals surface area contributed by atoms with Gasteiger partial charge in [0.2, 0.25) is 11.8 Å². The van der Waals surface area contributed by atoms with Crippen molar-refractivity contribution in [1.29, 1.82) is 0 Å². The zero-order valence-electron chi connectivity index (χ0n) is 21.7. The van der Waals surface area contributed by atoms with E-state index in [9.17, 15) is 18.0 Å². The lowest BCUT2D eigenvalue weighted by molar-refractivity contribution is -0.140. The molecule has 0 aliphatic carbocycles. The molecule has 38 heavy (non-hydrogen) atoms. The van der Waals surface area contributed by atoms with Gasteiger partial charge in [-0.05, 0) is 67.3 Å². The van der Waals surface area contributed by atoms with Crippen molar-refractivity contribution in [3.8, 4) is 0 Å². The van der Waals surface area contributed by atoms with E-state index in [0.717, 1.165) is 9.87 Å². The highest BCUT2D eigenvalue weighted by molar-refractivity contribution is 7.92. The Morgan fingerprint density at radius 1 is 0.947 bits per heavy atom. The summed E-state index contributed by atoms with van der Waals surface area (Å²) in [4.78, 5) is 28.2. The molecule has 10 heteroatoms. The molecule has 1 atom stereocenters. The van der Waals surface area contributed by atoms with Crippen molar-refractivity contribution in [2.45, 2.75) is 44.7 Å². The van der Waals surface area contributed by atoms with Gasteiger partial charge in [-0.15, -0.1) is 0 Å². The van der Waals surface area contributed by atoms with Gasteiger partial charge in [-0.25, -0.2) is 8.42 Å². The lowest BCUT2D eigenvalue weighted by Gasteiger charge is -2.33. The molecule has 0 aliphatic rings. The Hall–Kier alpha value is -3.07. The molecule has 0 radical (unpaired) electrons. The minimum absolute atomic E-state index is 0.0354. The number of benzene rings is 3. The van der Waals surface area contributed by atoms with Crippen molar-refractivity contribution < 1.29 is 18.0 Å². The molecular formula is C28H31Cl2N3O4S. The summed E-state index contributed by atoms with van der Waals surface area (Å²) in [6.45, 7) is 4.97. The van der Waals surface area contributed by atoms with E-state index >= 15 is 0 Å². The van der Waals surface area contributed by atoms with Crippen LogP contribution >= 0.6 is 23.2 Å². The number of amides is 2. The normalized spacial score (nSPS) is 12.1. The number of hydrogen-bond donors (Lipinski definition) is 1. The molecule has 0 saturated heterocycles. The van der Waals surface area contributed by atoms with Crippen LogP contribution in [-0.2, 0) is 26.2 Å². The number of carbonyl (C=O) groups is 2. The summed E-state index contributed by atoms with van der Waals surface area (Å²) in [5.41, 5.74) is 2.58. The van der Waals surface area contributed by atoms with Crippen LogP contribution in [0.25, 0.3) is 0 Å². The molecule has 0 heterocycles. The molecule has 0 spiro atoms. The minimum atomic E-state index is -4.12. The highest BCUT2D eigenvalue weighted by atomic mass is 35.5. The Labute approximate surface area is 234 Å². The number of hydrogen-bond acceptors (Lipinski definition) is 4. The van der Waals surface area contributed by atoms with E-state index in [-0.39, 0.29) is 17.3 Å². The van der Waals surface area contributed by atoms with Crippen LogP contribution in [0.3, 0.4) is 0 Å². The van der Waals surface area contributed by atoms with Crippen LogP contribution in [0.1, 0.15) is 30.0 Å². The Morgan fingerprint density at radius 3 is 2.24 bits per heavy atom. The van der Waals surface area contributed by atoms with Crippen LogP contribution in [-0.4, -0.2) is 44.8 Å². The number of anilines is 1. The fourth-order valence-corrected chi connectivity index (χ4v) is 5.95. The van der Waals surface area contributed by atoms with Gasteiger partial charge in [0, 0.05) is 13.6 Å². The number of nitrogens with one attached hydrogen (secondary N) is 1. The SMILES string of the molecule is CC[C@H](C(=O)NC)N(Cc1ccc(Cl)c(Cl)c1)C(=O)CN(c1cc(C)ccc1C)S(=O)(=O)c1ccccc1. The summed E-state index contributed by atoms with van der Waals surface area (Å²) >= 11 is 12.3. The zero-order chi connectivity index (χ0) is 28.0. The molecule has 0 bridgehead atoms. The topological polar surface area (TPSA) is 86.8 Å². The van der Waals surface area contributed by atoms with E-state index < -0.39 is 28.5 Å². The van der Waals surface area contributed by atoms with Crippen molar-refractivity contribution >= 4 is 50.7 Å². The molecule has 3 rings (SSSR count). The Bertz CT molecular complexity index is 1410. The molecule has 7 nitrogen and oxygen atoms in total. The third kappa shape index (κ3) is 6.67. The van der Waals surface area contributed by atoms with Gasteiger partial charge in [0.15, 0.2) is 0 Å². The number of nitrogens with zero attached hydrogens (tertiary/aromatic N) is 2. The molecule has 1 N–H and O–H groups in total. The Morgan fingerprint density at radius 2 is 1.63 bits per heavy atom. The molecular weight excluding hydrogens is 545 g/mol. The van der Waals surface area contributed by atoms with Gasteiger partial charge in [-0.1, -0.05) is 66.5 Å². The number of sulfonamides is 1. The van der Waals surface area contributed by atoms with E-state index in [2.05, 4.69) is 5.32 Å². The largest absolute Gasteiger partial charge is 0.357 e. The molecule has 3 aromatic carbocycles. The van der Waals surface area contributed by atoms with Crippen LogP contribution in [0.15, 0.2) is 71.6 Å². The fraction of sp³-hybridized carbons (Fsp3) is 0.286. The lowest BCUT2D eigenvalue weighted by atomic mass is 10.1. The van der Waals surface area contributed by atoms with Gasteiger partial charge < -0.3 is 10.2 Å². The number of halogens is 2. The first kappa shape index (κ1) is 29.5. The second-order valence-corrected chi connectivity index (χ2v) is 11.6. The number of carbonyl (C=O) groups excluding carboxylic acids is 2. The van der Waals surface area contributed by atoms with Crippen LogP contribution in [0.4, 0.5) is 5.69 Å². The fourth-order valence-electron chi connectivity index (χ4n) is 4.14. The molecule has 0 fully saturated rings. The van der Waals surface area contributed by atoms with E-state index in [1.165, 1.54) is 24.1 Å². The van der Waals surface area contributed by atoms with Gasteiger partial charge in [-0.3, -0.25) is 13.9 Å². The molecule has 202 valence electrons. The minimum Gasteiger partial charge on any atom is -0.357 e. The second kappa shape index (κ2) is 12.7. The maximum absolute atomic E-state index is 14.0. The van der Waals surface area contributed by atoms with Crippen molar-refractivity contribution in [1.82, 2.24) is 10.2 Å². The molecule has 0 aliphatic heterocycles. The summed E-state index contributed by atoms with van der Waals surface area (Å²) in [5, 5.41) is 3.28. The average Bonchev–Trinajstić information content (AvgIpc) is 2.90. The number of aryl methyl sites for hydroxylation is 2. The smallest absolute Gasteiger partial charge is 0.264 e. The van der Waals surface area contributed by atoms with Gasteiger partial charge in [-0.2, -0.15) is 0 Å². The summed E-state index contributed by atoms with van der Waals surface area (Å²) in [7, 11) is -2.62. The Balaban J connectivity index is 2.10. The van der Waals surface area contributed by atoms with E-state index in [1.807, 2.05) is 19.1 Å². The van der Waals surface area contributed by atoms with Gasteiger partial charge >= 0.3 is 0 Å². The monoisotopic (exact) mass is 575 g/mol. The third-order valence-electron chi connectivity index (χ3n) is 6.21. The number of likely N-dealkylation sites (N-methyl/N-ethyl adjacent to an activating group) is 1. The molecule has 3 aromatic rings. The highest BCUT2D eigenvalue weighted by Gasteiger charge is 2.34. The highest BCUT2D eigenvalue weighted by Crippen LogP contribution is 2.29. The van der Waals surface area contributed by atoms with E-state index in [1.54, 1.807) is 56.3 Å². The summed E-state index contributed by atoms with van der Waals surface area (Å²) < 4.78 is 28.9. The predicted molar refractivity (Wildman–Crippen MR) is 152 cm³/mol. The molecule has 0 saturated carbocycles. The van der Waals surface area contributed by atoms with E-state index in [0.29, 0.717) is 33.3 Å². The van der Waals surface area contributed by atoms with Crippen LogP contribution in [0.2, 0.25) is 10.0 Å². The van der Waals surface area contributed by atoms with Crippen molar-refractivity contribution in [3.63, 3.8) is 0 Å². The first-order valence-corrected chi connectivity index (χ1v) is 14.3. The van der Waals surface area contributed by atoms with Crippen LogP contribution in [0.5, 0.6) is 0 Å². The summed E-state index contributed by atoms with van der Waals surface area (Å²) in [6.07, 6.45) is 0.321. The quantitative estimate of drug-likeness (QED) is 0.352. The first-order valence-electron chi connectivity index (χ1n) is 12.1. The van der Waals surface area contributed by atoms with Crippen LogP contribution in [0, 0.1) is 13.8 Å². The van der Waals surface area contributed by atoms with Gasteiger partial charge in [0.25, 0.3) is 10.0 Å². The Kier molecular flexibility index (Phi) is 9.82. The summed E-state index contributed by atoms with van der Waals surface area (Å²) in [5.74, 6) is -0.892. The van der Waals surface area contributed by atoms with E-state index in [4.69, 9.17) is 23.2 Å². The first-order chi connectivity index (χ1) is 18.0. The third-order valence-corrected chi connectivity index (χ3v) is 8.73. The lowest BCUT2D eigenvalue weighted by Crippen LogP contribution is -2.51. The maximum atomic E-state index is 14.0. The molecule has 2 amide bonds. The van der Waals surface area contributed by atoms with Gasteiger partial charge in [0.1, 0.15) is 12.6 Å². The second-order valence-electron chi connectivity index (χ2n) is 8.92. The predicted octanol–water partition coefficient (Wildman–Crippen LogP) is 5.36. The molecule has 0 aromatic heterocycles.